The fourth-order valence-corrected chi connectivity index (χ4v) is 1.63. The summed E-state index contributed by atoms with van der Waals surface area (Å²) in [5.41, 5.74) is 8.05. The lowest BCUT2D eigenvalue weighted by atomic mass is 10.1. The number of nitrogens with two attached hydrogens (primary N) is 1. The third kappa shape index (κ3) is 1.79. The maximum atomic E-state index is 5.66. The number of halogens is 1. The molecule has 2 N–H and O–H groups in total. The predicted molar refractivity (Wildman–Crippen MR) is 55.6 cm³/mol. The monoisotopic (exact) mass is 199 g/mol. The molecule has 13 heavy (non-hydrogen) atoms. The van der Waals surface area contributed by atoms with Crippen molar-refractivity contribution in [1.82, 2.24) is 0 Å². The average molecular weight is 200 g/mol. The summed E-state index contributed by atoms with van der Waals surface area (Å²) in [5, 5.41) is 0. The fraction of sp³-hybridized carbons (Fsp3) is 0.400. The highest BCUT2D eigenvalue weighted by Crippen LogP contribution is 2.31. The second kappa shape index (κ2) is 3.99. The van der Waals surface area contributed by atoms with E-state index < -0.39 is 0 Å². The van der Waals surface area contributed by atoms with Crippen LogP contribution in [-0.2, 0) is 6.42 Å². The Balaban J connectivity index is 0.000000845. The molecule has 1 heterocycles. The second-order valence-electron chi connectivity index (χ2n) is 3.24. The highest BCUT2D eigenvalue weighted by molar-refractivity contribution is 5.85. The second-order valence-corrected chi connectivity index (χ2v) is 3.24. The Morgan fingerprint density at radius 1 is 1.54 bits per heavy atom. The minimum Gasteiger partial charge on any atom is -0.488 e. The average Bonchev–Trinajstić information content (AvgIpc) is 2.49. The highest BCUT2D eigenvalue weighted by atomic mass is 35.5. The molecule has 2 nitrogen and oxygen atoms in total. The molecule has 0 bridgehead atoms. The van der Waals surface area contributed by atoms with Crippen LogP contribution in [0.1, 0.15) is 11.1 Å². The lowest BCUT2D eigenvalue weighted by Crippen LogP contribution is -2.24. The molecule has 0 saturated heterocycles. The van der Waals surface area contributed by atoms with Gasteiger partial charge in [0.1, 0.15) is 11.9 Å². The minimum atomic E-state index is 0. The van der Waals surface area contributed by atoms with Crippen molar-refractivity contribution in [2.24, 2.45) is 5.73 Å². The van der Waals surface area contributed by atoms with Gasteiger partial charge in [0.05, 0.1) is 0 Å². The topological polar surface area (TPSA) is 35.2 Å². The van der Waals surface area contributed by atoms with Crippen LogP contribution >= 0.6 is 12.4 Å². The first-order chi connectivity index (χ1) is 5.81. The van der Waals surface area contributed by atoms with E-state index in [1.165, 1.54) is 11.1 Å². The van der Waals surface area contributed by atoms with Crippen molar-refractivity contribution < 1.29 is 4.74 Å². The molecule has 1 unspecified atom stereocenters. The van der Waals surface area contributed by atoms with Gasteiger partial charge in [0.2, 0.25) is 0 Å². The molecule has 0 saturated carbocycles. The number of benzene rings is 1. The van der Waals surface area contributed by atoms with E-state index in [1.54, 1.807) is 0 Å². The van der Waals surface area contributed by atoms with Crippen LogP contribution in [0, 0.1) is 6.92 Å². The van der Waals surface area contributed by atoms with Crippen LogP contribution in [0.4, 0.5) is 0 Å². The first-order valence-corrected chi connectivity index (χ1v) is 4.26. The summed E-state index contributed by atoms with van der Waals surface area (Å²) in [7, 11) is 0. The molecule has 0 spiro atoms. The predicted octanol–water partition coefficient (Wildman–Crippen LogP) is 1.68. The van der Waals surface area contributed by atoms with Crippen molar-refractivity contribution in [3.63, 3.8) is 0 Å². The summed E-state index contributed by atoms with van der Waals surface area (Å²) < 4.78 is 5.66. The summed E-state index contributed by atoms with van der Waals surface area (Å²) in [5.74, 6) is 1.05. The van der Waals surface area contributed by atoms with Crippen LogP contribution in [0.15, 0.2) is 18.2 Å². The van der Waals surface area contributed by atoms with Gasteiger partial charge in [-0.05, 0) is 18.1 Å². The van der Waals surface area contributed by atoms with Gasteiger partial charge in [0.25, 0.3) is 0 Å². The van der Waals surface area contributed by atoms with E-state index in [0.29, 0.717) is 6.54 Å². The van der Waals surface area contributed by atoms with Crippen molar-refractivity contribution in [3.05, 3.63) is 29.3 Å². The number of fused-ring (bicyclic) bond motifs is 1. The largest absolute Gasteiger partial charge is 0.488 e. The Bertz CT molecular complexity index is 301. The van der Waals surface area contributed by atoms with Gasteiger partial charge in [-0.1, -0.05) is 18.2 Å². The first kappa shape index (κ1) is 10.4. The van der Waals surface area contributed by atoms with Crippen molar-refractivity contribution in [1.29, 1.82) is 0 Å². The van der Waals surface area contributed by atoms with Crippen LogP contribution in [0.2, 0.25) is 0 Å². The van der Waals surface area contributed by atoms with E-state index in [4.69, 9.17) is 10.5 Å². The number of ether oxygens (including phenoxy) is 1. The maximum absolute atomic E-state index is 5.66. The van der Waals surface area contributed by atoms with Crippen LogP contribution in [0.25, 0.3) is 0 Å². The Kier molecular flexibility index (Phi) is 3.17. The zero-order valence-corrected chi connectivity index (χ0v) is 8.43. The molecule has 1 aromatic carbocycles. The SMILES string of the molecule is Cc1cccc2c1OC(CN)C2.Cl. The van der Waals surface area contributed by atoms with E-state index in [0.717, 1.165) is 12.2 Å². The van der Waals surface area contributed by atoms with Crippen molar-refractivity contribution in [2.45, 2.75) is 19.4 Å². The summed E-state index contributed by atoms with van der Waals surface area (Å²) >= 11 is 0. The third-order valence-electron chi connectivity index (χ3n) is 2.29. The van der Waals surface area contributed by atoms with Gasteiger partial charge in [-0.3, -0.25) is 0 Å². The lowest BCUT2D eigenvalue weighted by molar-refractivity contribution is 0.240. The van der Waals surface area contributed by atoms with Crippen LogP contribution in [0.5, 0.6) is 5.75 Å². The molecule has 2 rings (SSSR count). The van der Waals surface area contributed by atoms with Crippen molar-refractivity contribution >= 4 is 12.4 Å². The van der Waals surface area contributed by atoms with Gasteiger partial charge in [0, 0.05) is 13.0 Å². The normalized spacial score (nSPS) is 18.8. The van der Waals surface area contributed by atoms with Gasteiger partial charge in [-0.2, -0.15) is 0 Å². The molecule has 0 amide bonds. The Hall–Kier alpha value is -0.730. The van der Waals surface area contributed by atoms with Crippen LogP contribution in [0.3, 0.4) is 0 Å². The first-order valence-electron chi connectivity index (χ1n) is 4.26. The van der Waals surface area contributed by atoms with Crippen LogP contribution in [-0.4, -0.2) is 12.6 Å². The number of hydrogen-bond acceptors (Lipinski definition) is 2. The molecule has 1 atom stereocenters. The Morgan fingerprint density at radius 2 is 2.31 bits per heavy atom. The summed E-state index contributed by atoms with van der Waals surface area (Å²) in [6.07, 6.45) is 1.16. The molecule has 0 fully saturated rings. The van der Waals surface area contributed by atoms with E-state index in [2.05, 4.69) is 25.1 Å². The molecule has 0 radical (unpaired) electrons. The highest BCUT2D eigenvalue weighted by Gasteiger charge is 2.22. The molecule has 72 valence electrons. The van der Waals surface area contributed by atoms with Gasteiger partial charge in [0.15, 0.2) is 0 Å². The molecule has 1 aliphatic rings. The molecule has 1 aliphatic heterocycles. The number of hydrogen-bond donors (Lipinski definition) is 1. The van der Waals surface area contributed by atoms with Crippen molar-refractivity contribution in [2.75, 3.05) is 6.54 Å². The zero-order valence-electron chi connectivity index (χ0n) is 7.62. The Morgan fingerprint density at radius 3 is 2.92 bits per heavy atom. The standard InChI is InChI=1S/C10H13NO.ClH/c1-7-3-2-4-8-5-9(6-11)12-10(7)8;/h2-4,9H,5-6,11H2,1H3;1H. The molecule has 0 aromatic heterocycles. The zero-order chi connectivity index (χ0) is 8.55. The van der Waals surface area contributed by atoms with Gasteiger partial charge in [-0.25, -0.2) is 0 Å². The van der Waals surface area contributed by atoms with Crippen LogP contribution < -0.4 is 10.5 Å². The maximum Gasteiger partial charge on any atom is 0.126 e. The minimum absolute atomic E-state index is 0. The summed E-state index contributed by atoms with van der Waals surface area (Å²) in [6, 6.07) is 6.24. The Labute approximate surface area is 84.5 Å². The molecule has 1 aromatic rings. The van der Waals surface area contributed by atoms with Gasteiger partial charge in [-0.15, -0.1) is 12.4 Å². The summed E-state index contributed by atoms with van der Waals surface area (Å²) in [4.78, 5) is 0. The van der Waals surface area contributed by atoms with E-state index >= 15 is 0 Å². The third-order valence-corrected chi connectivity index (χ3v) is 2.29. The quantitative estimate of drug-likeness (QED) is 0.747. The molecular formula is C10H14ClNO. The smallest absolute Gasteiger partial charge is 0.126 e. The number of aryl methyl sites for hydroxylation is 1. The van der Waals surface area contributed by atoms with E-state index in [9.17, 15) is 0 Å². The number of rotatable bonds is 1. The summed E-state index contributed by atoms with van der Waals surface area (Å²) in [6.45, 7) is 2.67. The van der Waals surface area contributed by atoms with Crippen molar-refractivity contribution in [3.8, 4) is 5.75 Å². The van der Waals surface area contributed by atoms with E-state index in [-0.39, 0.29) is 18.5 Å². The van der Waals surface area contributed by atoms with E-state index in [1.807, 2.05) is 0 Å². The number of para-hydroxylation sites is 1. The van der Waals surface area contributed by atoms with Gasteiger partial charge < -0.3 is 10.5 Å². The van der Waals surface area contributed by atoms with Gasteiger partial charge >= 0.3 is 0 Å². The molecule has 3 heteroatoms. The molecule has 0 aliphatic carbocycles. The molecular weight excluding hydrogens is 186 g/mol. The fourth-order valence-electron chi connectivity index (χ4n) is 1.63. The lowest BCUT2D eigenvalue weighted by Gasteiger charge is -2.07.